The van der Waals surface area contributed by atoms with E-state index < -0.39 is 14.6 Å². The molecule has 0 atom stereocenters. The average Bonchev–Trinajstić information content (AvgIpc) is 1.82. The Morgan fingerprint density at radius 3 is 1.55 bits per heavy atom. The Bertz CT molecular complexity index is 62.4. The molecule has 0 aromatic rings. The third-order valence-electron chi connectivity index (χ3n) is 0.925. The van der Waals surface area contributed by atoms with Gasteiger partial charge in [-0.15, -0.1) is 0 Å². The van der Waals surface area contributed by atoms with E-state index in [0.717, 1.165) is 0 Å². The van der Waals surface area contributed by atoms with Crippen LogP contribution in [0.4, 0.5) is 0 Å². The average molecular weight is 278 g/mol. The first-order valence-corrected chi connectivity index (χ1v) is 15.4. The molecule has 0 fully saturated rings. The van der Waals surface area contributed by atoms with Crippen LogP contribution in [0.3, 0.4) is 0 Å². The van der Waals surface area contributed by atoms with Crippen LogP contribution in [0.2, 0.25) is 28.3 Å². The van der Waals surface area contributed by atoms with Gasteiger partial charge in [-0.05, 0) is 0 Å². The molecule has 0 bridgehead atoms. The summed E-state index contributed by atoms with van der Waals surface area (Å²) in [6.07, 6.45) is 2.66. The maximum atomic E-state index is 5.65. The zero-order chi connectivity index (χ0) is 9.28. The molecule has 0 saturated carbocycles. The first kappa shape index (κ1) is 14.6. The van der Waals surface area contributed by atoms with Crippen molar-refractivity contribution >= 4 is 28.9 Å². The van der Waals surface area contributed by atoms with Crippen LogP contribution >= 0.6 is 0 Å². The van der Waals surface area contributed by atoms with Crippen molar-refractivity contribution in [1.29, 1.82) is 0 Å². The van der Waals surface area contributed by atoms with Gasteiger partial charge in [-0.25, -0.2) is 0 Å². The van der Waals surface area contributed by atoms with Crippen molar-refractivity contribution in [3.63, 3.8) is 0 Å². The van der Waals surface area contributed by atoms with Gasteiger partial charge in [0.05, 0.1) is 0 Å². The van der Waals surface area contributed by atoms with E-state index in [0.29, 0.717) is 0 Å². The van der Waals surface area contributed by atoms with Crippen LogP contribution in [0, 0.1) is 0 Å². The van der Waals surface area contributed by atoms with Crippen molar-refractivity contribution in [2.45, 2.75) is 48.0 Å². The van der Waals surface area contributed by atoms with E-state index in [9.17, 15) is 0 Å². The Hall–Kier alpha value is 1.05. The molecule has 11 heavy (non-hydrogen) atoms. The first-order valence-electron chi connectivity index (χ1n) is 4.35. The van der Waals surface area contributed by atoms with Crippen molar-refractivity contribution < 1.29 is 0 Å². The topological polar surface area (TPSA) is 26.0 Å². The second kappa shape index (κ2) is 11.0. The molecule has 0 aliphatic carbocycles. The molecule has 0 aliphatic heterocycles. The first-order chi connectivity index (χ1) is 5.00. The van der Waals surface area contributed by atoms with E-state index in [4.69, 9.17) is 4.69 Å². The number of unbranched alkanes of at least 4 members (excludes halogenated alkanes) is 1. The third-order valence-corrected chi connectivity index (χ3v) is 3.32. The van der Waals surface area contributed by atoms with E-state index >= 15 is 0 Å². The minimum absolute atomic E-state index is 0.333. The maximum absolute atomic E-state index is 5.65. The number of hydrogen-bond acceptors (Lipinski definition) is 1. The van der Waals surface area contributed by atoms with Crippen LogP contribution in [0.1, 0.15) is 19.8 Å². The second-order valence-corrected chi connectivity index (χ2v) is 14.3. The molecule has 0 aromatic heterocycles. The Labute approximate surface area is 81.6 Å². The van der Waals surface area contributed by atoms with E-state index in [1.807, 2.05) is 0 Å². The molecule has 0 spiro atoms. The Kier molecular flexibility index (Phi) is 14.6. The van der Waals surface area contributed by atoms with Gasteiger partial charge < -0.3 is 0 Å². The molecule has 3 heteroatoms. The van der Waals surface area contributed by atoms with Crippen LogP contribution in [0.5, 0.6) is 0 Å². The molecule has 2 N–H and O–H groups in total. The quantitative estimate of drug-likeness (QED) is 0.789. The van der Waals surface area contributed by atoms with Crippen molar-refractivity contribution in [3.8, 4) is 0 Å². The fraction of sp³-hybridized carbons (Fsp3) is 1.00. The van der Waals surface area contributed by atoms with Gasteiger partial charge in [0.25, 0.3) is 0 Å². The van der Waals surface area contributed by atoms with Crippen LogP contribution in [0.25, 0.3) is 0 Å². The van der Waals surface area contributed by atoms with Gasteiger partial charge >= 0.3 is 81.7 Å². The van der Waals surface area contributed by atoms with Crippen LogP contribution < -0.4 is 4.69 Å². The van der Waals surface area contributed by atoms with Gasteiger partial charge in [-0.1, -0.05) is 0 Å². The molecule has 68 valence electrons. The molecule has 0 unspecified atom stereocenters. The van der Waals surface area contributed by atoms with E-state index in [-0.39, 0.29) is 14.3 Å². The van der Waals surface area contributed by atoms with E-state index in [2.05, 4.69) is 29.9 Å². The van der Waals surface area contributed by atoms with Crippen molar-refractivity contribution in [2.24, 2.45) is 4.69 Å². The van der Waals surface area contributed by atoms with Gasteiger partial charge in [0.15, 0.2) is 0 Å². The van der Waals surface area contributed by atoms with Gasteiger partial charge in [0, 0.05) is 0 Å². The summed E-state index contributed by atoms with van der Waals surface area (Å²) in [6, 6.07) is 0. The molecular formula is C8H23Ge2N. The Morgan fingerprint density at radius 2 is 1.45 bits per heavy atom. The standard InChI is InChI=1S/C5H14GeN.C3H9Ge/c1-3-4-5-6(2)7;1-4(2)3/h3-5,7H2,1-2H3;1-3H3. The minimum atomic E-state index is -0.906. The van der Waals surface area contributed by atoms with Gasteiger partial charge in [-0.2, -0.15) is 0 Å². The fourth-order valence-corrected chi connectivity index (χ4v) is 2.37. The van der Waals surface area contributed by atoms with E-state index in [1.165, 1.54) is 18.1 Å². The molecule has 0 saturated heterocycles. The summed E-state index contributed by atoms with van der Waals surface area (Å²) in [5.74, 6) is 9.22. The number of nitrogens with two attached hydrogens (primary N) is 1. The molecule has 0 aliphatic rings. The summed E-state index contributed by atoms with van der Waals surface area (Å²) in [6.45, 7) is 2.21. The zero-order valence-electron chi connectivity index (χ0n) is 8.70. The second-order valence-electron chi connectivity index (χ2n) is 3.45. The molecule has 2 radical (unpaired) electrons. The normalized spacial score (nSPS) is 9.82. The fourth-order valence-electron chi connectivity index (χ4n) is 0.456. The summed E-state index contributed by atoms with van der Waals surface area (Å²) in [5, 5.41) is 1.34. The number of hydrogen-bond donors (Lipinski definition) is 1. The molecule has 0 amide bonds. The van der Waals surface area contributed by atoms with Gasteiger partial charge in [0.2, 0.25) is 0 Å². The number of rotatable bonds is 3. The monoisotopic (exact) mass is 281 g/mol. The summed E-state index contributed by atoms with van der Waals surface area (Å²) in [4.78, 5) is 0. The summed E-state index contributed by atoms with van der Waals surface area (Å²) in [7, 11) is 0. The Balaban J connectivity index is 0. The Morgan fingerprint density at radius 1 is 1.09 bits per heavy atom. The third kappa shape index (κ3) is 35.5. The van der Waals surface area contributed by atoms with E-state index in [1.54, 1.807) is 0 Å². The van der Waals surface area contributed by atoms with Crippen LogP contribution in [-0.4, -0.2) is 28.9 Å². The van der Waals surface area contributed by atoms with Crippen molar-refractivity contribution in [2.75, 3.05) is 0 Å². The SMILES string of the molecule is CCC[CH2][Ge]([CH3])[NH2].[CH3][Ge]([CH3])[CH3]. The molecule has 0 heterocycles. The van der Waals surface area contributed by atoms with Crippen molar-refractivity contribution in [1.82, 2.24) is 0 Å². The molecular weight excluding hydrogens is 255 g/mol. The summed E-state index contributed by atoms with van der Waals surface area (Å²) < 4.78 is 5.65. The zero-order valence-corrected chi connectivity index (χ0v) is 12.9. The van der Waals surface area contributed by atoms with Gasteiger partial charge in [-0.3, -0.25) is 0 Å². The predicted octanol–water partition coefficient (Wildman–Crippen LogP) is 2.74. The van der Waals surface area contributed by atoms with Crippen molar-refractivity contribution in [3.05, 3.63) is 0 Å². The molecule has 0 aromatic carbocycles. The van der Waals surface area contributed by atoms with Crippen LogP contribution in [-0.2, 0) is 0 Å². The summed E-state index contributed by atoms with van der Waals surface area (Å²) in [5.41, 5.74) is 0. The van der Waals surface area contributed by atoms with Crippen LogP contribution in [0.15, 0.2) is 0 Å². The molecule has 0 rings (SSSR count). The van der Waals surface area contributed by atoms with Gasteiger partial charge in [0.1, 0.15) is 0 Å². The summed E-state index contributed by atoms with van der Waals surface area (Å²) >= 11 is -1.24. The molecule has 1 nitrogen and oxygen atoms in total. The predicted molar refractivity (Wildman–Crippen MR) is 58.9 cm³/mol.